The van der Waals surface area contributed by atoms with Crippen molar-refractivity contribution in [2.24, 2.45) is 0 Å². The van der Waals surface area contributed by atoms with Gasteiger partial charge in [-0.25, -0.2) is 9.59 Å². The van der Waals surface area contributed by atoms with Crippen molar-refractivity contribution in [3.63, 3.8) is 0 Å². The van der Waals surface area contributed by atoms with E-state index >= 15 is 0 Å². The Morgan fingerprint density at radius 1 is 0.840 bits per heavy atom. The lowest BCUT2D eigenvalue weighted by atomic mass is 10.3. The van der Waals surface area contributed by atoms with Gasteiger partial charge < -0.3 is 18.5 Å². The van der Waals surface area contributed by atoms with Crippen LogP contribution >= 0.6 is 7.60 Å². The first kappa shape index (κ1) is 23.6. The molecule has 144 valence electrons. The Morgan fingerprint density at radius 2 is 1.32 bits per heavy atom. The predicted octanol–water partition coefficient (Wildman–Crippen LogP) is 3.64. The van der Waals surface area contributed by atoms with Gasteiger partial charge in [-0.2, -0.15) is 0 Å². The largest absolute Gasteiger partial charge is 0.462 e. The van der Waals surface area contributed by atoms with Crippen molar-refractivity contribution in [1.29, 1.82) is 0 Å². The Balaban J connectivity index is 4.16. The van der Waals surface area contributed by atoms with Gasteiger partial charge in [0, 0.05) is 25.0 Å². The molecule has 0 unspecified atom stereocenters. The highest BCUT2D eigenvalue weighted by molar-refractivity contribution is 7.53. The third-order valence-electron chi connectivity index (χ3n) is 3.01. The summed E-state index contributed by atoms with van der Waals surface area (Å²) < 4.78 is 33.2. The summed E-state index contributed by atoms with van der Waals surface area (Å²) in [7, 11) is -3.21. The summed E-state index contributed by atoms with van der Waals surface area (Å²) in [5.74, 6) is -1.01. The Morgan fingerprint density at radius 3 is 1.72 bits per heavy atom. The second-order valence-corrected chi connectivity index (χ2v) is 7.34. The molecule has 25 heavy (non-hydrogen) atoms. The van der Waals surface area contributed by atoms with E-state index in [1.165, 1.54) is 0 Å². The Kier molecular flexibility index (Phi) is 14.0. The molecule has 0 saturated heterocycles. The fraction of sp³-hybridized carbons (Fsp3) is 0.647. The zero-order valence-corrected chi connectivity index (χ0v) is 15.8. The van der Waals surface area contributed by atoms with E-state index in [2.05, 4.69) is 20.1 Å². The lowest BCUT2D eigenvalue weighted by Crippen LogP contribution is -2.09. The van der Waals surface area contributed by atoms with Gasteiger partial charge in [0.1, 0.15) is 0 Å². The standard InChI is InChI=1S/C17H29O7P/c1-4-7-8-15-25(20,23-13-9-11-21-16(18)5-2)24-14-10-12-22-17(19)6-3/h5-6H,2-4,7-15H2,1H3. The summed E-state index contributed by atoms with van der Waals surface area (Å²) in [5.41, 5.74) is 0. The van der Waals surface area contributed by atoms with Crippen LogP contribution in [-0.2, 0) is 32.7 Å². The lowest BCUT2D eigenvalue weighted by molar-refractivity contribution is -0.138. The molecule has 0 aliphatic carbocycles. The summed E-state index contributed by atoms with van der Waals surface area (Å²) in [6.45, 7) is 9.31. The van der Waals surface area contributed by atoms with Crippen molar-refractivity contribution in [2.75, 3.05) is 32.6 Å². The van der Waals surface area contributed by atoms with Crippen LogP contribution in [0.1, 0.15) is 39.0 Å². The number of rotatable bonds is 16. The molecule has 0 radical (unpaired) electrons. The van der Waals surface area contributed by atoms with Gasteiger partial charge in [0.2, 0.25) is 0 Å². The van der Waals surface area contributed by atoms with E-state index in [-0.39, 0.29) is 26.4 Å². The molecule has 0 aliphatic rings. The monoisotopic (exact) mass is 376 g/mol. The van der Waals surface area contributed by atoms with Crippen molar-refractivity contribution in [3.8, 4) is 0 Å². The Labute approximate surface area is 149 Å². The molecule has 0 aromatic carbocycles. The molecule has 0 saturated carbocycles. The molecule has 0 spiro atoms. The van der Waals surface area contributed by atoms with Crippen LogP contribution in [0, 0.1) is 0 Å². The quantitative estimate of drug-likeness (QED) is 0.176. The highest BCUT2D eigenvalue weighted by atomic mass is 31.2. The first-order valence-corrected chi connectivity index (χ1v) is 10.2. The van der Waals surface area contributed by atoms with E-state index < -0.39 is 19.5 Å². The van der Waals surface area contributed by atoms with Crippen molar-refractivity contribution in [3.05, 3.63) is 25.3 Å². The van der Waals surface area contributed by atoms with Gasteiger partial charge in [-0.3, -0.25) is 4.57 Å². The highest BCUT2D eigenvalue weighted by Crippen LogP contribution is 2.49. The molecule has 0 atom stereocenters. The molecule has 0 bridgehead atoms. The Hall–Kier alpha value is -1.43. The molecule has 0 aromatic rings. The number of hydrogen-bond acceptors (Lipinski definition) is 7. The number of carbonyl (C=O) groups excluding carboxylic acids is 2. The molecule has 0 N–H and O–H groups in total. The number of hydrogen-bond donors (Lipinski definition) is 0. The highest BCUT2D eigenvalue weighted by Gasteiger charge is 2.23. The molecule has 7 nitrogen and oxygen atoms in total. The number of ether oxygens (including phenoxy) is 2. The molecule has 0 fully saturated rings. The van der Waals surface area contributed by atoms with Gasteiger partial charge in [-0.1, -0.05) is 32.9 Å². The summed E-state index contributed by atoms with van der Waals surface area (Å²) in [6, 6.07) is 0. The molecule has 0 rings (SSSR count). The minimum atomic E-state index is -3.21. The lowest BCUT2D eigenvalue weighted by Gasteiger charge is -2.18. The minimum absolute atomic E-state index is 0.164. The maximum atomic E-state index is 12.7. The smallest absolute Gasteiger partial charge is 0.330 e. The van der Waals surface area contributed by atoms with Crippen LogP contribution in [0.25, 0.3) is 0 Å². The molecule has 0 amide bonds. The van der Waals surface area contributed by atoms with Crippen LogP contribution < -0.4 is 0 Å². The van der Waals surface area contributed by atoms with Crippen molar-refractivity contribution in [2.45, 2.75) is 39.0 Å². The van der Waals surface area contributed by atoms with Crippen molar-refractivity contribution < 1.29 is 32.7 Å². The van der Waals surface area contributed by atoms with Crippen LogP contribution in [0.5, 0.6) is 0 Å². The van der Waals surface area contributed by atoms with E-state index in [1.807, 2.05) is 0 Å². The van der Waals surface area contributed by atoms with Gasteiger partial charge in [-0.15, -0.1) is 0 Å². The fourth-order valence-corrected chi connectivity index (χ4v) is 3.47. The van der Waals surface area contributed by atoms with Gasteiger partial charge in [0.15, 0.2) is 0 Å². The van der Waals surface area contributed by atoms with Gasteiger partial charge in [0.05, 0.1) is 32.6 Å². The van der Waals surface area contributed by atoms with Gasteiger partial charge in [0.25, 0.3) is 0 Å². The molecule has 0 aromatic heterocycles. The second kappa shape index (κ2) is 14.9. The molecular weight excluding hydrogens is 347 g/mol. The topological polar surface area (TPSA) is 88.1 Å². The van der Waals surface area contributed by atoms with E-state index in [0.717, 1.165) is 31.4 Å². The maximum Gasteiger partial charge on any atom is 0.330 e. The average molecular weight is 376 g/mol. The first-order chi connectivity index (χ1) is 12.0. The summed E-state index contributed by atoms with van der Waals surface area (Å²) >= 11 is 0. The van der Waals surface area contributed by atoms with Crippen molar-refractivity contribution in [1.82, 2.24) is 0 Å². The number of unbranched alkanes of at least 4 members (excludes halogenated alkanes) is 2. The van der Waals surface area contributed by atoms with Crippen LogP contribution in [0.15, 0.2) is 25.3 Å². The van der Waals surface area contributed by atoms with Crippen LogP contribution in [0.3, 0.4) is 0 Å². The zero-order chi connectivity index (χ0) is 19.0. The minimum Gasteiger partial charge on any atom is -0.462 e. The number of esters is 2. The van der Waals surface area contributed by atoms with E-state index in [1.54, 1.807) is 0 Å². The summed E-state index contributed by atoms with van der Waals surface area (Å²) in [4.78, 5) is 21.8. The molecule has 0 heterocycles. The maximum absolute atomic E-state index is 12.7. The predicted molar refractivity (Wildman–Crippen MR) is 95.4 cm³/mol. The second-order valence-electron chi connectivity index (χ2n) is 5.16. The summed E-state index contributed by atoms with van der Waals surface area (Å²) in [5, 5.41) is 0. The van der Waals surface area contributed by atoms with Crippen LogP contribution in [0.2, 0.25) is 0 Å². The third-order valence-corrected chi connectivity index (χ3v) is 5.03. The molecule has 8 heteroatoms. The molecular formula is C17H29O7P. The van der Waals surface area contributed by atoms with Crippen LogP contribution in [0.4, 0.5) is 0 Å². The zero-order valence-electron chi connectivity index (χ0n) is 14.9. The van der Waals surface area contributed by atoms with E-state index in [9.17, 15) is 14.2 Å². The SMILES string of the molecule is C=CC(=O)OCCCOP(=O)(CCCCC)OCCCOC(=O)C=C. The fourth-order valence-electron chi connectivity index (χ4n) is 1.71. The van der Waals surface area contributed by atoms with Crippen LogP contribution in [-0.4, -0.2) is 44.5 Å². The van der Waals surface area contributed by atoms with E-state index in [4.69, 9.17) is 18.5 Å². The van der Waals surface area contributed by atoms with Gasteiger partial charge in [-0.05, 0) is 6.42 Å². The van der Waals surface area contributed by atoms with E-state index in [0.29, 0.717) is 19.0 Å². The summed E-state index contributed by atoms with van der Waals surface area (Å²) in [6.07, 6.45) is 6.00. The normalized spacial score (nSPS) is 10.9. The average Bonchev–Trinajstić information content (AvgIpc) is 2.61. The molecule has 0 aliphatic heterocycles. The number of carbonyl (C=O) groups is 2. The van der Waals surface area contributed by atoms with Crippen molar-refractivity contribution >= 4 is 19.5 Å². The third kappa shape index (κ3) is 13.5. The van der Waals surface area contributed by atoms with Gasteiger partial charge >= 0.3 is 19.5 Å². The first-order valence-electron chi connectivity index (χ1n) is 8.44. The Bertz CT molecular complexity index is 428.